The maximum atomic E-state index is 13.0. The molecule has 0 atom stereocenters. The molecule has 1 N–H and O–H groups in total. The molecule has 84 valence electrons. The lowest BCUT2D eigenvalue weighted by Gasteiger charge is -2.07. The number of phenolic OH excluding ortho intramolecular Hbond substituents is 1. The van der Waals surface area contributed by atoms with Crippen LogP contribution >= 0.6 is 0 Å². The van der Waals surface area contributed by atoms with Crippen LogP contribution < -0.4 is 0 Å². The van der Waals surface area contributed by atoms with E-state index >= 15 is 0 Å². The standard InChI is InChI=1S/C11H10FNO3/c1-2-16-10(14)5-8-7(6-13)3-4-9(12)11(8)15/h3-4,15H,2,5H2,1H3. The van der Waals surface area contributed by atoms with Crippen molar-refractivity contribution in [3.05, 3.63) is 29.1 Å². The van der Waals surface area contributed by atoms with E-state index < -0.39 is 17.5 Å². The third kappa shape index (κ3) is 2.48. The van der Waals surface area contributed by atoms with E-state index in [2.05, 4.69) is 4.74 Å². The zero-order chi connectivity index (χ0) is 12.1. The maximum absolute atomic E-state index is 13.0. The summed E-state index contributed by atoms with van der Waals surface area (Å²) in [4.78, 5) is 11.2. The third-order valence-corrected chi connectivity index (χ3v) is 1.98. The zero-order valence-corrected chi connectivity index (χ0v) is 8.66. The molecule has 0 spiro atoms. The van der Waals surface area contributed by atoms with Crippen molar-refractivity contribution < 1.29 is 19.0 Å². The number of halogens is 1. The molecule has 0 aliphatic heterocycles. The van der Waals surface area contributed by atoms with E-state index in [4.69, 9.17) is 5.26 Å². The second-order valence-electron chi connectivity index (χ2n) is 3.02. The first-order valence-corrected chi connectivity index (χ1v) is 4.66. The number of carbonyl (C=O) groups is 1. The molecule has 5 heteroatoms. The molecule has 1 aromatic rings. The van der Waals surface area contributed by atoms with E-state index in [1.54, 1.807) is 13.0 Å². The molecule has 0 aliphatic carbocycles. The number of nitrogens with zero attached hydrogens (tertiary/aromatic N) is 1. The number of nitriles is 1. The minimum absolute atomic E-state index is 0.0408. The number of hydrogen-bond acceptors (Lipinski definition) is 4. The molecule has 0 aromatic heterocycles. The number of benzene rings is 1. The summed E-state index contributed by atoms with van der Waals surface area (Å²) < 4.78 is 17.7. The number of ether oxygens (including phenoxy) is 1. The van der Waals surface area contributed by atoms with Crippen LogP contribution in [-0.4, -0.2) is 17.7 Å². The second kappa shape index (κ2) is 5.12. The number of carbonyl (C=O) groups excluding carboxylic acids is 1. The van der Waals surface area contributed by atoms with E-state index in [-0.39, 0.29) is 24.2 Å². The fraction of sp³-hybridized carbons (Fsp3) is 0.273. The summed E-state index contributed by atoms with van der Waals surface area (Å²) in [6.07, 6.45) is -0.319. The van der Waals surface area contributed by atoms with Gasteiger partial charge in [0.25, 0.3) is 0 Å². The van der Waals surface area contributed by atoms with E-state index in [1.165, 1.54) is 6.07 Å². The molecule has 4 nitrogen and oxygen atoms in total. The molecular weight excluding hydrogens is 213 g/mol. The SMILES string of the molecule is CCOC(=O)Cc1c(C#N)ccc(F)c1O. The van der Waals surface area contributed by atoms with Crippen LogP contribution in [0.1, 0.15) is 18.1 Å². The van der Waals surface area contributed by atoms with Gasteiger partial charge in [0.15, 0.2) is 11.6 Å². The Morgan fingerprint density at radius 1 is 1.62 bits per heavy atom. The summed E-state index contributed by atoms with van der Waals surface area (Å²) in [7, 11) is 0. The van der Waals surface area contributed by atoms with Gasteiger partial charge in [-0.25, -0.2) is 4.39 Å². The van der Waals surface area contributed by atoms with Gasteiger partial charge in [-0.2, -0.15) is 5.26 Å². The van der Waals surface area contributed by atoms with Gasteiger partial charge in [0.1, 0.15) is 0 Å². The molecular formula is C11H10FNO3. The Hall–Kier alpha value is -2.09. The van der Waals surface area contributed by atoms with Gasteiger partial charge in [0, 0.05) is 5.56 Å². The number of esters is 1. The van der Waals surface area contributed by atoms with Crippen molar-refractivity contribution in [3.63, 3.8) is 0 Å². The highest BCUT2D eigenvalue weighted by atomic mass is 19.1. The van der Waals surface area contributed by atoms with Crippen molar-refractivity contribution in [2.75, 3.05) is 6.61 Å². The Morgan fingerprint density at radius 3 is 2.88 bits per heavy atom. The highest BCUT2D eigenvalue weighted by Gasteiger charge is 2.16. The predicted octanol–water partition coefficient (Wildman–Crippen LogP) is 1.51. The van der Waals surface area contributed by atoms with Crippen LogP contribution in [0.2, 0.25) is 0 Å². The molecule has 0 aliphatic rings. The monoisotopic (exact) mass is 223 g/mol. The minimum atomic E-state index is -0.863. The van der Waals surface area contributed by atoms with Crippen LogP contribution in [0.3, 0.4) is 0 Å². The Labute approximate surface area is 91.9 Å². The normalized spacial score (nSPS) is 9.56. The van der Waals surface area contributed by atoms with Crippen molar-refractivity contribution in [1.29, 1.82) is 5.26 Å². The fourth-order valence-electron chi connectivity index (χ4n) is 1.25. The van der Waals surface area contributed by atoms with Gasteiger partial charge in [-0.3, -0.25) is 4.79 Å². The largest absolute Gasteiger partial charge is 0.505 e. The molecule has 1 rings (SSSR count). The Morgan fingerprint density at radius 2 is 2.31 bits per heavy atom. The summed E-state index contributed by atoms with van der Waals surface area (Å²) >= 11 is 0. The van der Waals surface area contributed by atoms with Gasteiger partial charge >= 0.3 is 5.97 Å². The Balaban J connectivity index is 3.07. The molecule has 0 amide bonds. The van der Waals surface area contributed by atoms with Crippen molar-refractivity contribution in [3.8, 4) is 11.8 Å². The van der Waals surface area contributed by atoms with Crippen molar-refractivity contribution in [2.45, 2.75) is 13.3 Å². The van der Waals surface area contributed by atoms with E-state index in [0.29, 0.717) is 0 Å². The quantitative estimate of drug-likeness (QED) is 0.788. The summed E-state index contributed by atoms with van der Waals surface area (Å²) in [6, 6.07) is 3.96. The predicted molar refractivity (Wildman–Crippen MR) is 53.1 cm³/mol. The highest BCUT2D eigenvalue weighted by Crippen LogP contribution is 2.25. The third-order valence-electron chi connectivity index (χ3n) is 1.98. The molecule has 0 bridgehead atoms. The lowest BCUT2D eigenvalue weighted by molar-refractivity contribution is -0.142. The second-order valence-corrected chi connectivity index (χ2v) is 3.02. The Bertz CT molecular complexity index is 451. The van der Waals surface area contributed by atoms with Crippen LogP contribution in [0.25, 0.3) is 0 Å². The first-order valence-electron chi connectivity index (χ1n) is 4.66. The van der Waals surface area contributed by atoms with Crippen LogP contribution in [0.4, 0.5) is 4.39 Å². The van der Waals surface area contributed by atoms with Gasteiger partial charge < -0.3 is 9.84 Å². The van der Waals surface area contributed by atoms with Crippen molar-refractivity contribution >= 4 is 5.97 Å². The molecule has 0 fully saturated rings. The van der Waals surface area contributed by atoms with Crippen LogP contribution in [0, 0.1) is 17.1 Å². The molecule has 0 unspecified atom stereocenters. The van der Waals surface area contributed by atoms with Gasteiger partial charge in [0.05, 0.1) is 24.7 Å². The molecule has 0 heterocycles. The van der Waals surface area contributed by atoms with Crippen LogP contribution in [-0.2, 0) is 16.0 Å². The highest BCUT2D eigenvalue weighted by molar-refractivity contribution is 5.74. The Kier molecular flexibility index (Phi) is 3.84. The maximum Gasteiger partial charge on any atom is 0.310 e. The molecule has 0 saturated carbocycles. The first-order chi connectivity index (χ1) is 7.60. The minimum Gasteiger partial charge on any atom is -0.505 e. The van der Waals surface area contributed by atoms with Crippen LogP contribution in [0.15, 0.2) is 12.1 Å². The van der Waals surface area contributed by atoms with Gasteiger partial charge in [0.2, 0.25) is 0 Å². The van der Waals surface area contributed by atoms with E-state index in [1.807, 2.05) is 0 Å². The number of aromatic hydroxyl groups is 1. The summed E-state index contributed by atoms with van der Waals surface area (Å²) in [5, 5.41) is 18.1. The van der Waals surface area contributed by atoms with E-state index in [9.17, 15) is 14.3 Å². The molecule has 16 heavy (non-hydrogen) atoms. The topological polar surface area (TPSA) is 70.3 Å². The molecule has 1 aromatic carbocycles. The van der Waals surface area contributed by atoms with E-state index in [0.717, 1.165) is 6.07 Å². The smallest absolute Gasteiger partial charge is 0.310 e. The lowest BCUT2D eigenvalue weighted by Crippen LogP contribution is -2.09. The molecule has 0 saturated heterocycles. The van der Waals surface area contributed by atoms with Crippen molar-refractivity contribution in [2.24, 2.45) is 0 Å². The van der Waals surface area contributed by atoms with Gasteiger partial charge in [-0.1, -0.05) is 0 Å². The first kappa shape index (κ1) is 12.0. The number of phenols is 1. The van der Waals surface area contributed by atoms with Gasteiger partial charge in [-0.05, 0) is 19.1 Å². The average molecular weight is 223 g/mol. The summed E-state index contributed by atoms with van der Waals surface area (Å²) in [5.74, 6) is -2.15. The average Bonchev–Trinajstić information content (AvgIpc) is 2.25. The summed E-state index contributed by atoms with van der Waals surface area (Å²) in [5.41, 5.74) is 0.0212. The fourth-order valence-corrected chi connectivity index (χ4v) is 1.25. The van der Waals surface area contributed by atoms with Gasteiger partial charge in [-0.15, -0.1) is 0 Å². The van der Waals surface area contributed by atoms with Crippen molar-refractivity contribution in [1.82, 2.24) is 0 Å². The summed E-state index contributed by atoms with van der Waals surface area (Å²) in [6.45, 7) is 1.82. The zero-order valence-electron chi connectivity index (χ0n) is 8.66. The lowest BCUT2D eigenvalue weighted by atomic mass is 10.0. The molecule has 0 radical (unpaired) electrons. The number of rotatable bonds is 3. The number of hydrogen-bond donors (Lipinski definition) is 1. The van der Waals surface area contributed by atoms with Crippen LogP contribution in [0.5, 0.6) is 5.75 Å².